The summed E-state index contributed by atoms with van der Waals surface area (Å²) in [6.07, 6.45) is 0. The predicted molar refractivity (Wildman–Crippen MR) is 114 cm³/mol. The lowest BCUT2D eigenvalue weighted by Gasteiger charge is -2.19. The zero-order chi connectivity index (χ0) is 21.3. The Morgan fingerprint density at radius 2 is 1.93 bits per heavy atom. The number of para-hydroxylation sites is 1. The van der Waals surface area contributed by atoms with Gasteiger partial charge >= 0.3 is 5.97 Å². The zero-order valence-corrected chi connectivity index (χ0v) is 17.6. The number of aromatic carboxylic acids is 1. The molecule has 0 spiro atoms. The third-order valence-corrected chi connectivity index (χ3v) is 6.14. The van der Waals surface area contributed by atoms with Crippen LogP contribution in [0.3, 0.4) is 0 Å². The van der Waals surface area contributed by atoms with Crippen LogP contribution in [0.2, 0.25) is 0 Å². The summed E-state index contributed by atoms with van der Waals surface area (Å²) in [5.41, 5.74) is 2.72. The quantitative estimate of drug-likeness (QED) is 0.621. The molecule has 2 N–H and O–H groups in total. The molecule has 0 radical (unpaired) electrons. The van der Waals surface area contributed by atoms with E-state index in [4.69, 9.17) is 4.42 Å². The van der Waals surface area contributed by atoms with Crippen molar-refractivity contribution in [2.45, 2.75) is 38.8 Å². The highest BCUT2D eigenvalue weighted by molar-refractivity contribution is 7.84. The molecule has 0 saturated heterocycles. The normalized spacial score (nSPS) is 13.2. The molecule has 2 unspecified atom stereocenters. The molecule has 0 aliphatic carbocycles. The smallest absolute Gasteiger partial charge is 0.337 e. The first-order valence-corrected chi connectivity index (χ1v) is 10.6. The van der Waals surface area contributed by atoms with Gasteiger partial charge in [-0.1, -0.05) is 25.1 Å². The number of carbonyl (C=O) groups is 1. The topological polar surface area (TPSA) is 96.6 Å². The molecule has 0 aliphatic heterocycles. The predicted octanol–water partition coefficient (Wildman–Crippen LogP) is 4.41. The van der Waals surface area contributed by atoms with Gasteiger partial charge in [-0.3, -0.25) is 9.00 Å². The Bertz CT molecular complexity index is 1180. The van der Waals surface area contributed by atoms with Gasteiger partial charge < -0.3 is 14.8 Å². The molecule has 29 heavy (non-hydrogen) atoms. The maximum atomic E-state index is 12.9. The molecule has 3 aromatic rings. The van der Waals surface area contributed by atoms with Gasteiger partial charge in [0.05, 0.1) is 27.8 Å². The minimum absolute atomic E-state index is 0.154. The second-order valence-electron chi connectivity index (χ2n) is 6.93. The van der Waals surface area contributed by atoms with Crippen LogP contribution >= 0.6 is 0 Å². The molecular weight excluding hydrogens is 390 g/mol. The van der Waals surface area contributed by atoms with Gasteiger partial charge in [0, 0.05) is 22.6 Å². The van der Waals surface area contributed by atoms with Crippen LogP contribution in [0.5, 0.6) is 0 Å². The Labute approximate surface area is 171 Å². The molecule has 0 aliphatic rings. The molecule has 0 saturated carbocycles. The highest BCUT2D eigenvalue weighted by Crippen LogP contribution is 2.30. The molecule has 0 amide bonds. The lowest BCUT2D eigenvalue weighted by atomic mass is 10.00. The second-order valence-corrected chi connectivity index (χ2v) is 8.56. The first-order valence-electron chi connectivity index (χ1n) is 9.29. The van der Waals surface area contributed by atoms with Crippen molar-refractivity contribution in [1.29, 1.82) is 0 Å². The van der Waals surface area contributed by atoms with Crippen LogP contribution < -0.4 is 10.7 Å². The Balaban J connectivity index is 2.19. The van der Waals surface area contributed by atoms with Crippen molar-refractivity contribution in [3.05, 3.63) is 68.9 Å². The van der Waals surface area contributed by atoms with Crippen molar-refractivity contribution in [3.63, 3.8) is 0 Å². The number of anilines is 1. The monoisotopic (exact) mass is 413 g/mol. The summed E-state index contributed by atoms with van der Waals surface area (Å²) in [5.74, 6) is -0.687. The first-order chi connectivity index (χ1) is 13.7. The van der Waals surface area contributed by atoms with E-state index < -0.39 is 16.8 Å². The van der Waals surface area contributed by atoms with Crippen molar-refractivity contribution in [1.82, 2.24) is 0 Å². The molecule has 1 heterocycles. The van der Waals surface area contributed by atoms with Gasteiger partial charge in [0.25, 0.3) is 0 Å². The largest absolute Gasteiger partial charge is 0.478 e. The van der Waals surface area contributed by atoms with E-state index in [2.05, 4.69) is 5.32 Å². The Morgan fingerprint density at radius 1 is 1.24 bits per heavy atom. The fourth-order valence-corrected chi connectivity index (χ4v) is 4.20. The highest BCUT2D eigenvalue weighted by Gasteiger charge is 2.21. The molecule has 2 aromatic carbocycles. The number of hydrogen-bond acceptors (Lipinski definition) is 5. The summed E-state index contributed by atoms with van der Waals surface area (Å²) < 4.78 is 18.4. The summed E-state index contributed by atoms with van der Waals surface area (Å²) in [6.45, 7) is 7.14. The fraction of sp³-hybridized carbons (Fsp3) is 0.273. The maximum absolute atomic E-state index is 12.9. The molecule has 1 aromatic heterocycles. The molecule has 0 fully saturated rings. The summed E-state index contributed by atoms with van der Waals surface area (Å²) in [7, 11) is -1.41. The average Bonchev–Trinajstić information content (AvgIpc) is 2.70. The maximum Gasteiger partial charge on any atom is 0.337 e. The number of carboxylic acid groups (broad SMARTS) is 1. The number of carboxylic acids is 1. The van der Waals surface area contributed by atoms with E-state index in [1.165, 1.54) is 6.07 Å². The summed E-state index contributed by atoms with van der Waals surface area (Å²) in [4.78, 5) is 24.4. The number of rotatable bonds is 6. The summed E-state index contributed by atoms with van der Waals surface area (Å²) >= 11 is 0. The number of hydrogen-bond donors (Lipinski definition) is 2. The average molecular weight is 413 g/mol. The van der Waals surface area contributed by atoms with Crippen LogP contribution in [0.25, 0.3) is 11.0 Å². The first kappa shape index (κ1) is 20.8. The Hall–Kier alpha value is -2.93. The highest BCUT2D eigenvalue weighted by atomic mass is 32.2. The molecule has 2 atom stereocenters. The van der Waals surface area contributed by atoms with Crippen LogP contribution in [0.4, 0.5) is 5.69 Å². The summed E-state index contributed by atoms with van der Waals surface area (Å²) in [6, 6.07) is 9.92. The van der Waals surface area contributed by atoms with Crippen LogP contribution in [0.15, 0.2) is 50.7 Å². The number of nitrogens with one attached hydrogen (secondary N) is 1. The Morgan fingerprint density at radius 3 is 2.59 bits per heavy atom. The SMILES string of the molecule is CCS(=O)c1oc2c(C(C)Nc3ccccc3C(=O)O)cc(C)cc2c(=O)c1C. The number of fused-ring (bicyclic) bond motifs is 1. The third-order valence-electron chi connectivity index (χ3n) is 4.81. The molecule has 3 rings (SSSR count). The van der Waals surface area contributed by atoms with Gasteiger partial charge in [-0.2, -0.15) is 0 Å². The fourth-order valence-electron chi connectivity index (χ4n) is 3.32. The van der Waals surface area contributed by atoms with E-state index in [0.717, 1.165) is 5.56 Å². The minimum Gasteiger partial charge on any atom is -0.478 e. The van der Waals surface area contributed by atoms with Gasteiger partial charge in [-0.25, -0.2) is 4.79 Å². The molecular formula is C22H23NO5S. The molecule has 7 heteroatoms. The van der Waals surface area contributed by atoms with Crippen LogP contribution in [-0.2, 0) is 10.8 Å². The molecule has 6 nitrogen and oxygen atoms in total. The van der Waals surface area contributed by atoms with E-state index in [1.807, 2.05) is 19.9 Å². The van der Waals surface area contributed by atoms with E-state index >= 15 is 0 Å². The molecule has 0 bridgehead atoms. The third kappa shape index (κ3) is 3.96. The Kier molecular flexibility index (Phi) is 5.88. The standard InChI is InChI=1S/C22H23NO5S/c1-5-29(27)22-13(3)19(24)17-11-12(2)10-16(20(17)28-22)14(4)23-18-9-7-6-8-15(18)21(25)26/h6-11,14,23H,5H2,1-4H3,(H,25,26). The van der Waals surface area contributed by atoms with Crippen LogP contribution in [0.1, 0.15) is 46.9 Å². The van der Waals surface area contributed by atoms with Crippen molar-refractivity contribution in [3.8, 4) is 0 Å². The van der Waals surface area contributed by atoms with Crippen molar-refractivity contribution < 1.29 is 18.5 Å². The zero-order valence-electron chi connectivity index (χ0n) is 16.7. The van der Waals surface area contributed by atoms with Crippen molar-refractivity contribution >= 4 is 33.4 Å². The van der Waals surface area contributed by atoms with Gasteiger partial charge in [0.15, 0.2) is 10.5 Å². The van der Waals surface area contributed by atoms with E-state index in [1.54, 1.807) is 38.1 Å². The van der Waals surface area contributed by atoms with E-state index in [-0.39, 0.29) is 22.1 Å². The van der Waals surface area contributed by atoms with E-state index in [0.29, 0.717) is 33.5 Å². The van der Waals surface area contributed by atoms with Crippen molar-refractivity contribution in [2.75, 3.05) is 11.1 Å². The number of benzene rings is 2. The van der Waals surface area contributed by atoms with Crippen LogP contribution in [-0.4, -0.2) is 21.0 Å². The van der Waals surface area contributed by atoms with Gasteiger partial charge in [-0.05, 0) is 44.5 Å². The second kappa shape index (κ2) is 8.21. The van der Waals surface area contributed by atoms with E-state index in [9.17, 15) is 18.9 Å². The van der Waals surface area contributed by atoms with Gasteiger partial charge in [-0.15, -0.1) is 0 Å². The number of aryl methyl sites for hydroxylation is 1. The van der Waals surface area contributed by atoms with Crippen LogP contribution in [0, 0.1) is 13.8 Å². The van der Waals surface area contributed by atoms with Gasteiger partial charge in [0.2, 0.25) is 0 Å². The van der Waals surface area contributed by atoms with Crippen molar-refractivity contribution in [2.24, 2.45) is 0 Å². The lowest BCUT2D eigenvalue weighted by molar-refractivity contribution is 0.0698. The van der Waals surface area contributed by atoms with Gasteiger partial charge in [0.1, 0.15) is 5.58 Å². The molecule has 152 valence electrons. The lowest BCUT2D eigenvalue weighted by Crippen LogP contribution is -2.15. The summed E-state index contributed by atoms with van der Waals surface area (Å²) in [5, 5.41) is 13.2. The minimum atomic E-state index is -1.41.